The van der Waals surface area contributed by atoms with E-state index in [0.29, 0.717) is 5.75 Å². The molecule has 0 spiro atoms. The second kappa shape index (κ2) is 11.2. The van der Waals surface area contributed by atoms with Gasteiger partial charge in [0.15, 0.2) is 0 Å². The van der Waals surface area contributed by atoms with Gasteiger partial charge in [0.1, 0.15) is 11.3 Å². The number of nitro groups is 1. The standard InChI is InChI=1S/C21H27NO7/c1-3-28-21(24)19(29-20(23)17-11-7-8-12-18(17)27-2)13-16(14-22(25)26)15-9-5-4-6-10-15/h7-8,11-13,15-16H,3-6,9-10,14H2,1-2H3/b19-13-/t16-/m0/s1. The normalized spacial score (nSPS) is 16.0. The number of hydrogen-bond acceptors (Lipinski definition) is 7. The van der Waals surface area contributed by atoms with Crippen LogP contribution in [0, 0.1) is 22.0 Å². The van der Waals surface area contributed by atoms with Crippen molar-refractivity contribution in [2.24, 2.45) is 11.8 Å². The van der Waals surface area contributed by atoms with Crippen LogP contribution in [-0.4, -0.2) is 37.1 Å². The largest absolute Gasteiger partial charge is 0.496 e. The molecule has 1 aromatic rings. The van der Waals surface area contributed by atoms with E-state index in [1.807, 2.05) is 0 Å². The molecule has 158 valence electrons. The van der Waals surface area contributed by atoms with Crippen molar-refractivity contribution in [1.29, 1.82) is 0 Å². The summed E-state index contributed by atoms with van der Waals surface area (Å²) in [6.45, 7) is 1.39. The summed E-state index contributed by atoms with van der Waals surface area (Å²) in [5.41, 5.74) is 0.147. The van der Waals surface area contributed by atoms with Crippen LogP contribution in [0.4, 0.5) is 0 Å². The van der Waals surface area contributed by atoms with Gasteiger partial charge in [0.05, 0.1) is 13.7 Å². The summed E-state index contributed by atoms with van der Waals surface area (Å²) in [5, 5.41) is 11.2. The number of ether oxygens (including phenoxy) is 3. The number of rotatable bonds is 9. The molecule has 0 heterocycles. The van der Waals surface area contributed by atoms with Gasteiger partial charge in [-0.05, 0) is 43.9 Å². The molecule has 1 fully saturated rings. The number of esters is 2. The van der Waals surface area contributed by atoms with E-state index in [9.17, 15) is 19.7 Å². The van der Waals surface area contributed by atoms with E-state index in [1.54, 1.807) is 25.1 Å². The topological polar surface area (TPSA) is 105 Å². The molecular formula is C21H27NO7. The molecule has 2 rings (SSSR count). The van der Waals surface area contributed by atoms with Crippen LogP contribution in [0.1, 0.15) is 49.4 Å². The van der Waals surface area contributed by atoms with Crippen LogP contribution in [-0.2, 0) is 14.3 Å². The van der Waals surface area contributed by atoms with Crippen molar-refractivity contribution in [3.63, 3.8) is 0 Å². The Morgan fingerprint density at radius 1 is 1.24 bits per heavy atom. The average Bonchev–Trinajstić information content (AvgIpc) is 2.73. The van der Waals surface area contributed by atoms with E-state index in [1.165, 1.54) is 19.3 Å². The summed E-state index contributed by atoms with van der Waals surface area (Å²) in [7, 11) is 1.42. The summed E-state index contributed by atoms with van der Waals surface area (Å²) in [4.78, 5) is 35.8. The van der Waals surface area contributed by atoms with Gasteiger partial charge < -0.3 is 14.2 Å². The van der Waals surface area contributed by atoms with E-state index in [2.05, 4.69) is 0 Å². The van der Waals surface area contributed by atoms with Gasteiger partial charge in [0.2, 0.25) is 12.3 Å². The number of hydrogen-bond donors (Lipinski definition) is 0. The molecule has 0 radical (unpaired) electrons. The van der Waals surface area contributed by atoms with Gasteiger partial charge in [-0.3, -0.25) is 10.1 Å². The van der Waals surface area contributed by atoms with Gasteiger partial charge in [0, 0.05) is 10.8 Å². The lowest BCUT2D eigenvalue weighted by molar-refractivity contribution is -0.487. The van der Waals surface area contributed by atoms with Crippen molar-refractivity contribution in [1.82, 2.24) is 0 Å². The highest BCUT2D eigenvalue weighted by Gasteiger charge is 2.30. The van der Waals surface area contributed by atoms with Crippen LogP contribution in [0.3, 0.4) is 0 Å². The van der Waals surface area contributed by atoms with Crippen LogP contribution in [0.2, 0.25) is 0 Å². The minimum Gasteiger partial charge on any atom is -0.496 e. The third-order valence-electron chi connectivity index (χ3n) is 4.99. The summed E-state index contributed by atoms with van der Waals surface area (Å²) in [5.74, 6) is -2.08. The Labute approximate surface area is 170 Å². The number of nitrogens with zero attached hydrogens (tertiary/aromatic N) is 1. The fourth-order valence-electron chi connectivity index (χ4n) is 3.58. The Morgan fingerprint density at radius 3 is 2.55 bits per heavy atom. The molecule has 29 heavy (non-hydrogen) atoms. The lowest BCUT2D eigenvalue weighted by Gasteiger charge is -2.26. The molecule has 0 amide bonds. The van der Waals surface area contributed by atoms with Crippen molar-refractivity contribution >= 4 is 11.9 Å². The van der Waals surface area contributed by atoms with Crippen molar-refractivity contribution in [2.45, 2.75) is 39.0 Å². The highest BCUT2D eigenvalue weighted by molar-refractivity contribution is 5.97. The fraction of sp³-hybridized carbons (Fsp3) is 0.524. The number of para-hydroxylation sites is 1. The Morgan fingerprint density at radius 2 is 1.93 bits per heavy atom. The minimum atomic E-state index is -0.820. The van der Waals surface area contributed by atoms with Crippen LogP contribution in [0.25, 0.3) is 0 Å². The third kappa shape index (κ3) is 6.58. The van der Waals surface area contributed by atoms with Crippen LogP contribution in [0.15, 0.2) is 36.1 Å². The van der Waals surface area contributed by atoms with Crippen LogP contribution in [0.5, 0.6) is 5.75 Å². The molecule has 1 aliphatic carbocycles. The second-order valence-corrected chi connectivity index (χ2v) is 6.92. The predicted octanol–water partition coefficient (Wildman–Crippen LogP) is 3.77. The van der Waals surface area contributed by atoms with E-state index >= 15 is 0 Å². The summed E-state index contributed by atoms with van der Waals surface area (Å²) in [6.07, 6.45) is 6.14. The smallest absolute Gasteiger partial charge is 0.374 e. The highest BCUT2D eigenvalue weighted by atomic mass is 16.6. The van der Waals surface area contributed by atoms with E-state index in [0.717, 1.165) is 32.1 Å². The zero-order valence-electron chi connectivity index (χ0n) is 16.8. The van der Waals surface area contributed by atoms with Gasteiger partial charge in [0.25, 0.3) is 0 Å². The first-order valence-corrected chi connectivity index (χ1v) is 9.82. The molecular weight excluding hydrogens is 378 g/mol. The molecule has 1 saturated carbocycles. The molecule has 0 bridgehead atoms. The minimum absolute atomic E-state index is 0.0588. The SMILES string of the molecule is CCOC(=O)/C(=C/[C@@H](C[N+](=O)[O-])C1CCCCC1)OC(=O)c1ccccc1OC. The lowest BCUT2D eigenvalue weighted by Crippen LogP contribution is -2.25. The average molecular weight is 405 g/mol. The Balaban J connectivity index is 2.32. The predicted molar refractivity (Wildman–Crippen MR) is 105 cm³/mol. The van der Waals surface area contributed by atoms with Gasteiger partial charge >= 0.3 is 11.9 Å². The van der Waals surface area contributed by atoms with Crippen molar-refractivity contribution in [2.75, 3.05) is 20.3 Å². The molecule has 0 saturated heterocycles. The maximum atomic E-state index is 12.6. The Kier molecular flexibility index (Phi) is 8.64. The molecule has 1 atom stereocenters. The van der Waals surface area contributed by atoms with Crippen LogP contribution >= 0.6 is 0 Å². The third-order valence-corrected chi connectivity index (χ3v) is 4.99. The van der Waals surface area contributed by atoms with Crippen molar-refractivity contribution in [3.8, 4) is 5.75 Å². The summed E-state index contributed by atoms with van der Waals surface area (Å²) >= 11 is 0. The van der Waals surface area contributed by atoms with Gasteiger partial charge in [-0.15, -0.1) is 0 Å². The number of carbonyl (C=O) groups is 2. The second-order valence-electron chi connectivity index (χ2n) is 6.92. The fourth-order valence-corrected chi connectivity index (χ4v) is 3.58. The van der Waals surface area contributed by atoms with Gasteiger partial charge in [-0.1, -0.05) is 31.4 Å². The Bertz CT molecular complexity index is 753. The molecule has 1 aliphatic rings. The van der Waals surface area contributed by atoms with E-state index < -0.39 is 22.8 Å². The summed E-state index contributed by atoms with van der Waals surface area (Å²) in [6, 6.07) is 6.46. The quantitative estimate of drug-likeness (QED) is 0.202. The van der Waals surface area contributed by atoms with Gasteiger partial charge in [-0.25, -0.2) is 9.59 Å². The number of carbonyl (C=O) groups excluding carboxylic acids is 2. The lowest BCUT2D eigenvalue weighted by atomic mass is 9.79. The molecule has 8 heteroatoms. The number of methoxy groups -OCH3 is 1. The van der Waals surface area contributed by atoms with Crippen LogP contribution < -0.4 is 4.74 Å². The first kappa shape index (κ1) is 22.4. The monoisotopic (exact) mass is 405 g/mol. The molecule has 0 aromatic heterocycles. The van der Waals surface area contributed by atoms with E-state index in [4.69, 9.17) is 14.2 Å². The maximum absolute atomic E-state index is 12.6. The molecule has 0 N–H and O–H groups in total. The molecule has 0 unspecified atom stereocenters. The number of benzene rings is 1. The maximum Gasteiger partial charge on any atom is 0.374 e. The Hall–Kier alpha value is -2.90. The molecule has 0 aliphatic heterocycles. The first-order chi connectivity index (χ1) is 14.0. The molecule has 1 aromatic carbocycles. The van der Waals surface area contributed by atoms with Gasteiger partial charge in [-0.2, -0.15) is 0 Å². The van der Waals surface area contributed by atoms with E-state index in [-0.39, 0.29) is 30.4 Å². The summed E-state index contributed by atoms with van der Waals surface area (Å²) < 4.78 is 15.5. The first-order valence-electron chi connectivity index (χ1n) is 9.82. The highest BCUT2D eigenvalue weighted by Crippen LogP contribution is 2.32. The zero-order chi connectivity index (χ0) is 21.2. The van der Waals surface area contributed by atoms with Crippen molar-refractivity contribution in [3.05, 3.63) is 51.8 Å². The zero-order valence-corrected chi connectivity index (χ0v) is 16.8. The molecule has 8 nitrogen and oxygen atoms in total. The van der Waals surface area contributed by atoms with Crippen molar-refractivity contribution < 1.29 is 28.7 Å².